The molecule has 3 heterocycles. The number of benzene rings is 1. The second-order valence-corrected chi connectivity index (χ2v) is 8.12. The van der Waals surface area contributed by atoms with Crippen molar-refractivity contribution in [3.63, 3.8) is 0 Å². The molecule has 1 N–H and O–H groups in total. The Morgan fingerprint density at radius 3 is 2.96 bits per heavy atom. The highest BCUT2D eigenvalue weighted by Gasteiger charge is 2.28. The zero-order chi connectivity index (χ0) is 18.8. The minimum atomic E-state index is 0.0303. The second kappa shape index (κ2) is 7.66. The Bertz CT molecular complexity index is 945. The molecule has 1 fully saturated rings. The Labute approximate surface area is 163 Å². The van der Waals surface area contributed by atoms with E-state index in [1.807, 2.05) is 36.6 Å². The van der Waals surface area contributed by atoms with Crippen LogP contribution in [0.1, 0.15) is 29.6 Å². The molecule has 0 saturated carbocycles. The summed E-state index contributed by atoms with van der Waals surface area (Å²) in [6.45, 7) is 3.37. The summed E-state index contributed by atoms with van der Waals surface area (Å²) in [5.41, 5.74) is 4.08. The van der Waals surface area contributed by atoms with E-state index in [0.717, 1.165) is 41.3 Å². The van der Waals surface area contributed by atoms with Gasteiger partial charge in [-0.25, -0.2) is 4.98 Å². The predicted molar refractivity (Wildman–Crippen MR) is 110 cm³/mol. The third-order valence-electron chi connectivity index (χ3n) is 5.10. The van der Waals surface area contributed by atoms with Crippen LogP contribution in [0.25, 0.3) is 11.3 Å². The molecule has 0 spiro atoms. The highest BCUT2D eigenvalue weighted by molar-refractivity contribution is 7.09. The van der Waals surface area contributed by atoms with Crippen LogP contribution in [0.5, 0.6) is 0 Å². The minimum Gasteiger partial charge on any atom is -0.353 e. The molecule has 3 aromatic rings. The molecule has 5 nitrogen and oxygen atoms in total. The molecule has 1 atom stereocenters. The van der Waals surface area contributed by atoms with Crippen molar-refractivity contribution in [3.8, 4) is 11.3 Å². The van der Waals surface area contributed by atoms with Gasteiger partial charge in [0, 0.05) is 35.6 Å². The lowest BCUT2D eigenvalue weighted by Crippen LogP contribution is -2.33. The quantitative estimate of drug-likeness (QED) is 0.720. The predicted octanol–water partition coefficient (Wildman–Crippen LogP) is 4.23. The van der Waals surface area contributed by atoms with E-state index in [1.54, 1.807) is 11.3 Å². The summed E-state index contributed by atoms with van der Waals surface area (Å²) in [5.74, 6) is 0.0303. The normalized spacial score (nSPS) is 17.3. The van der Waals surface area contributed by atoms with Crippen molar-refractivity contribution in [1.82, 2.24) is 14.5 Å². The number of aromatic nitrogens is 2. The van der Waals surface area contributed by atoms with Crippen molar-refractivity contribution in [1.29, 1.82) is 0 Å². The molecule has 6 heteroatoms. The van der Waals surface area contributed by atoms with Crippen LogP contribution in [0, 0.1) is 6.92 Å². The molecule has 0 bridgehead atoms. The minimum absolute atomic E-state index is 0.0303. The Balaban J connectivity index is 1.43. The number of likely N-dealkylation sites (tertiary alicyclic amines) is 1. The molecule has 1 saturated heterocycles. The van der Waals surface area contributed by atoms with Crippen LogP contribution in [0.4, 0.5) is 5.69 Å². The average Bonchev–Trinajstić information content (AvgIpc) is 3.36. The number of hydrogen-bond acceptors (Lipinski definition) is 4. The molecule has 0 radical (unpaired) electrons. The van der Waals surface area contributed by atoms with Gasteiger partial charge >= 0.3 is 0 Å². The van der Waals surface area contributed by atoms with Crippen LogP contribution >= 0.6 is 11.3 Å². The van der Waals surface area contributed by atoms with E-state index in [4.69, 9.17) is 0 Å². The number of hydrogen-bond donors (Lipinski definition) is 1. The molecular weight excluding hydrogens is 356 g/mol. The highest BCUT2D eigenvalue weighted by atomic mass is 32.1. The lowest BCUT2D eigenvalue weighted by atomic mass is 10.1. The Morgan fingerprint density at radius 2 is 2.22 bits per heavy atom. The van der Waals surface area contributed by atoms with E-state index in [9.17, 15) is 4.79 Å². The summed E-state index contributed by atoms with van der Waals surface area (Å²) in [5, 5.41) is 6.14. The summed E-state index contributed by atoms with van der Waals surface area (Å²) in [6, 6.07) is 12.4. The Morgan fingerprint density at radius 1 is 1.33 bits per heavy atom. The molecule has 27 heavy (non-hydrogen) atoms. The number of rotatable bonds is 5. The molecule has 0 aliphatic carbocycles. The van der Waals surface area contributed by atoms with Gasteiger partial charge in [0.25, 0.3) is 0 Å². The van der Waals surface area contributed by atoms with Gasteiger partial charge in [0.2, 0.25) is 5.91 Å². The standard InChI is InChI=1S/C21H24N4OS/c1-15-22-18(14-27-15)16-6-3-7-17(12-16)23-21(26)13-25-11-5-9-20(25)19-8-4-10-24(19)2/h3-4,6-8,10,12,14,20H,5,9,11,13H2,1-2H3,(H,23,26)/t20-/m0/s1. The van der Waals surface area contributed by atoms with Gasteiger partial charge in [-0.1, -0.05) is 12.1 Å². The highest BCUT2D eigenvalue weighted by Crippen LogP contribution is 2.31. The van der Waals surface area contributed by atoms with Crippen molar-refractivity contribution < 1.29 is 4.79 Å². The molecule has 2 aromatic heterocycles. The van der Waals surface area contributed by atoms with Gasteiger partial charge in [0.15, 0.2) is 0 Å². The molecule has 1 aliphatic rings. The fourth-order valence-electron chi connectivity index (χ4n) is 3.81. The van der Waals surface area contributed by atoms with E-state index in [1.165, 1.54) is 5.69 Å². The largest absolute Gasteiger partial charge is 0.353 e. The number of carbonyl (C=O) groups excluding carboxylic acids is 1. The van der Waals surface area contributed by atoms with Crippen LogP contribution in [0.15, 0.2) is 48.0 Å². The zero-order valence-corrected chi connectivity index (χ0v) is 16.5. The van der Waals surface area contributed by atoms with E-state index in [2.05, 4.69) is 45.1 Å². The van der Waals surface area contributed by atoms with Crippen molar-refractivity contribution >= 4 is 22.9 Å². The van der Waals surface area contributed by atoms with Crippen LogP contribution in [0.3, 0.4) is 0 Å². The topological polar surface area (TPSA) is 50.2 Å². The number of carbonyl (C=O) groups is 1. The lowest BCUT2D eigenvalue weighted by Gasteiger charge is -2.24. The first kappa shape index (κ1) is 17.9. The van der Waals surface area contributed by atoms with Gasteiger partial charge in [0.1, 0.15) is 0 Å². The summed E-state index contributed by atoms with van der Waals surface area (Å²) in [4.78, 5) is 19.4. The van der Waals surface area contributed by atoms with E-state index in [-0.39, 0.29) is 5.91 Å². The smallest absolute Gasteiger partial charge is 0.238 e. The van der Waals surface area contributed by atoms with Crippen LogP contribution in [-0.4, -0.2) is 33.4 Å². The molecule has 4 rings (SSSR count). The van der Waals surface area contributed by atoms with Gasteiger partial charge in [-0.2, -0.15) is 0 Å². The molecule has 140 valence electrons. The second-order valence-electron chi connectivity index (χ2n) is 7.05. The molecule has 0 unspecified atom stereocenters. The summed E-state index contributed by atoms with van der Waals surface area (Å²) < 4.78 is 2.15. The van der Waals surface area contributed by atoms with Gasteiger partial charge < -0.3 is 9.88 Å². The maximum Gasteiger partial charge on any atom is 0.238 e. The van der Waals surface area contributed by atoms with Crippen molar-refractivity contribution in [2.24, 2.45) is 7.05 Å². The first-order valence-electron chi connectivity index (χ1n) is 9.28. The third-order valence-corrected chi connectivity index (χ3v) is 5.87. The van der Waals surface area contributed by atoms with Gasteiger partial charge in [0.05, 0.1) is 23.3 Å². The van der Waals surface area contributed by atoms with Crippen molar-refractivity contribution in [3.05, 3.63) is 58.7 Å². The molecular formula is C21H24N4OS. The molecule has 1 aromatic carbocycles. The Kier molecular flexibility index (Phi) is 5.09. The monoisotopic (exact) mass is 380 g/mol. The number of anilines is 1. The maximum absolute atomic E-state index is 12.6. The summed E-state index contributed by atoms with van der Waals surface area (Å²) >= 11 is 1.63. The number of aryl methyl sites for hydroxylation is 2. The number of amides is 1. The zero-order valence-electron chi connectivity index (χ0n) is 15.7. The lowest BCUT2D eigenvalue weighted by molar-refractivity contribution is -0.117. The van der Waals surface area contributed by atoms with E-state index >= 15 is 0 Å². The number of nitrogens with zero attached hydrogens (tertiary/aromatic N) is 3. The van der Waals surface area contributed by atoms with Gasteiger partial charge in [-0.05, 0) is 50.6 Å². The van der Waals surface area contributed by atoms with E-state index in [0.29, 0.717) is 12.6 Å². The first-order valence-corrected chi connectivity index (χ1v) is 10.2. The average molecular weight is 381 g/mol. The molecule has 1 aliphatic heterocycles. The fraction of sp³-hybridized carbons (Fsp3) is 0.333. The summed E-state index contributed by atoms with van der Waals surface area (Å²) in [7, 11) is 2.07. The molecule has 1 amide bonds. The first-order chi connectivity index (χ1) is 13.1. The van der Waals surface area contributed by atoms with Crippen LogP contribution in [-0.2, 0) is 11.8 Å². The SMILES string of the molecule is Cc1nc(-c2cccc(NC(=O)CN3CCC[C@H]3c3cccn3C)c2)cs1. The fourth-order valence-corrected chi connectivity index (χ4v) is 4.43. The van der Waals surface area contributed by atoms with Crippen molar-refractivity contribution in [2.45, 2.75) is 25.8 Å². The van der Waals surface area contributed by atoms with Gasteiger partial charge in [-0.3, -0.25) is 9.69 Å². The third kappa shape index (κ3) is 3.96. The van der Waals surface area contributed by atoms with E-state index < -0.39 is 0 Å². The number of nitrogens with one attached hydrogen (secondary N) is 1. The van der Waals surface area contributed by atoms with Crippen molar-refractivity contribution in [2.75, 3.05) is 18.4 Å². The van der Waals surface area contributed by atoms with Gasteiger partial charge in [-0.15, -0.1) is 11.3 Å². The maximum atomic E-state index is 12.6. The van der Waals surface area contributed by atoms with Crippen LogP contribution in [0.2, 0.25) is 0 Å². The summed E-state index contributed by atoms with van der Waals surface area (Å²) in [6.07, 6.45) is 4.29. The number of thiazole rings is 1. The Hall–Kier alpha value is -2.44. The van der Waals surface area contributed by atoms with Crippen LogP contribution < -0.4 is 5.32 Å².